The zero-order valence-electron chi connectivity index (χ0n) is 9.97. The van der Waals surface area contributed by atoms with Crippen molar-refractivity contribution < 1.29 is 19.3 Å². The van der Waals surface area contributed by atoms with Crippen molar-refractivity contribution in [1.82, 2.24) is 5.32 Å². The summed E-state index contributed by atoms with van der Waals surface area (Å²) in [6, 6.07) is 5.26. The molecule has 0 aliphatic carbocycles. The van der Waals surface area contributed by atoms with Gasteiger partial charge in [0.15, 0.2) is 6.29 Å². The summed E-state index contributed by atoms with van der Waals surface area (Å²) in [5.41, 5.74) is 1.05. The Bertz CT molecular complexity index is 379. The Hall–Kier alpha value is -1.30. The fraction of sp³-hybridized carbons (Fsp3) is 0.500. The van der Waals surface area contributed by atoms with Crippen LogP contribution < -0.4 is 10.1 Å². The van der Waals surface area contributed by atoms with E-state index in [1.54, 1.807) is 26.4 Å². The Labute approximate surface area is 100 Å². The molecule has 0 amide bonds. The van der Waals surface area contributed by atoms with Gasteiger partial charge in [0.25, 0.3) is 0 Å². The van der Waals surface area contributed by atoms with Crippen LogP contribution in [-0.2, 0) is 9.47 Å². The topological polar surface area (TPSA) is 60.0 Å². The Morgan fingerprint density at radius 3 is 2.94 bits per heavy atom. The zero-order valence-corrected chi connectivity index (χ0v) is 9.97. The molecule has 94 valence electrons. The molecule has 2 rings (SSSR count). The van der Waals surface area contributed by atoms with E-state index in [1.165, 1.54) is 0 Å². The molecule has 1 aliphatic rings. The molecule has 0 fully saturated rings. The Morgan fingerprint density at radius 1 is 1.47 bits per heavy atom. The van der Waals surface area contributed by atoms with E-state index >= 15 is 0 Å². The highest BCUT2D eigenvalue weighted by Gasteiger charge is 2.24. The normalized spacial score (nSPS) is 18.2. The van der Waals surface area contributed by atoms with Crippen molar-refractivity contribution in [2.75, 3.05) is 27.4 Å². The van der Waals surface area contributed by atoms with Gasteiger partial charge in [0.1, 0.15) is 18.1 Å². The van der Waals surface area contributed by atoms with Crippen molar-refractivity contribution in [3.05, 3.63) is 23.8 Å². The van der Waals surface area contributed by atoms with E-state index in [2.05, 4.69) is 5.32 Å². The molecule has 1 aromatic rings. The molecule has 0 bridgehead atoms. The van der Waals surface area contributed by atoms with Crippen LogP contribution >= 0.6 is 0 Å². The summed E-state index contributed by atoms with van der Waals surface area (Å²) in [5, 5.41) is 12.6. The maximum Gasteiger partial charge on any atom is 0.169 e. The van der Waals surface area contributed by atoms with Crippen LogP contribution in [-0.4, -0.2) is 38.8 Å². The first-order chi connectivity index (χ1) is 8.24. The summed E-state index contributed by atoms with van der Waals surface area (Å²) in [7, 11) is 3.21. The Morgan fingerprint density at radius 2 is 2.24 bits per heavy atom. The van der Waals surface area contributed by atoms with E-state index < -0.39 is 0 Å². The van der Waals surface area contributed by atoms with Gasteiger partial charge in [-0.3, -0.25) is 0 Å². The number of phenolic OH excluding ortho intramolecular Hbond substituents is 1. The van der Waals surface area contributed by atoms with Crippen molar-refractivity contribution in [2.24, 2.45) is 0 Å². The second-order valence-electron chi connectivity index (χ2n) is 3.89. The number of aromatic hydroxyl groups is 1. The number of methoxy groups -OCH3 is 2. The second-order valence-corrected chi connectivity index (χ2v) is 3.89. The lowest BCUT2D eigenvalue weighted by Crippen LogP contribution is -2.33. The van der Waals surface area contributed by atoms with Crippen LogP contribution in [0, 0.1) is 0 Å². The fourth-order valence-corrected chi connectivity index (χ4v) is 1.87. The van der Waals surface area contributed by atoms with Crippen LogP contribution in [0.15, 0.2) is 18.2 Å². The van der Waals surface area contributed by atoms with Gasteiger partial charge in [-0.15, -0.1) is 0 Å². The molecule has 2 N–H and O–H groups in total. The average Bonchev–Trinajstić information content (AvgIpc) is 2.73. The lowest BCUT2D eigenvalue weighted by molar-refractivity contribution is -0.100. The van der Waals surface area contributed by atoms with Gasteiger partial charge in [-0.05, 0) is 12.1 Å². The van der Waals surface area contributed by atoms with Crippen molar-refractivity contribution in [1.29, 1.82) is 0 Å². The van der Waals surface area contributed by atoms with E-state index in [-0.39, 0.29) is 18.1 Å². The van der Waals surface area contributed by atoms with Gasteiger partial charge in [-0.2, -0.15) is 0 Å². The van der Waals surface area contributed by atoms with Gasteiger partial charge in [0.05, 0.1) is 6.04 Å². The van der Waals surface area contributed by atoms with Crippen LogP contribution in [0.5, 0.6) is 11.5 Å². The molecule has 0 radical (unpaired) electrons. The molecule has 5 heteroatoms. The molecule has 5 nitrogen and oxygen atoms in total. The Kier molecular flexibility index (Phi) is 3.83. The van der Waals surface area contributed by atoms with Gasteiger partial charge in [-0.25, -0.2) is 0 Å². The van der Waals surface area contributed by atoms with Crippen LogP contribution in [0.3, 0.4) is 0 Å². The average molecular weight is 239 g/mol. The molecule has 0 aromatic heterocycles. The van der Waals surface area contributed by atoms with Crippen molar-refractivity contribution >= 4 is 0 Å². The maximum absolute atomic E-state index is 9.34. The third-order valence-corrected chi connectivity index (χ3v) is 2.83. The highest BCUT2D eigenvalue weighted by Crippen LogP contribution is 2.34. The second kappa shape index (κ2) is 5.35. The van der Waals surface area contributed by atoms with Crippen LogP contribution in [0.2, 0.25) is 0 Å². The first kappa shape index (κ1) is 12.2. The van der Waals surface area contributed by atoms with Crippen LogP contribution in [0.25, 0.3) is 0 Å². The maximum atomic E-state index is 9.34. The van der Waals surface area contributed by atoms with Gasteiger partial charge >= 0.3 is 0 Å². The summed E-state index contributed by atoms with van der Waals surface area (Å²) in [4.78, 5) is 0. The number of ether oxygens (including phenoxy) is 3. The molecule has 1 heterocycles. The molecule has 17 heavy (non-hydrogen) atoms. The molecule has 1 atom stereocenters. The van der Waals surface area contributed by atoms with Crippen molar-refractivity contribution in [3.8, 4) is 11.5 Å². The first-order valence-corrected chi connectivity index (χ1v) is 5.49. The first-order valence-electron chi connectivity index (χ1n) is 5.49. The minimum Gasteiger partial charge on any atom is -0.508 e. The van der Waals surface area contributed by atoms with E-state index in [0.29, 0.717) is 13.2 Å². The highest BCUT2D eigenvalue weighted by atomic mass is 16.7. The largest absolute Gasteiger partial charge is 0.508 e. The van der Waals surface area contributed by atoms with Gasteiger partial charge < -0.3 is 24.6 Å². The van der Waals surface area contributed by atoms with Gasteiger partial charge in [0, 0.05) is 32.4 Å². The third kappa shape index (κ3) is 2.69. The smallest absolute Gasteiger partial charge is 0.169 e. The number of hydrogen-bond acceptors (Lipinski definition) is 5. The number of phenols is 1. The summed E-state index contributed by atoms with van der Waals surface area (Å²) in [6.07, 6.45) is -0.267. The summed E-state index contributed by atoms with van der Waals surface area (Å²) in [6.45, 7) is 1.14. The fourth-order valence-electron chi connectivity index (χ4n) is 1.87. The number of fused-ring (bicyclic) bond motifs is 1. The number of benzene rings is 1. The molecule has 1 aliphatic heterocycles. The Balaban J connectivity index is 1.97. The van der Waals surface area contributed by atoms with E-state index in [0.717, 1.165) is 11.3 Å². The standard InChI is InChI=1S/C12H17NO4/c1-15-12(16-2)6-13-10-7-17-11-5-8(14)3-4-9(10)11/h3-5,10,12-14H,6-7H2,1-2H3. The molecule has 0 saturated carbocycles. The van der Waals surface area contributed by atoms with E-state index in [1.807, 2.05) is 6.07 Å². The lowest BCUT2D eigenvalue weighted by atomic mass is 10.1. The number of rotatable bonds is 5. The quantitative estimate of drug-likeness (QED) is 0.752. The molecular weight excluding hydrogens is 222 g/mol. The number of nitrogens with one attached hydrogen (secondary N) is 1. The van der Waals surface area contributed by atoms with E-state index in [9.17, 15) is 5.11 Å². The molecule has 1 unspecified atom stereocenters. The van der Waals surface area contributed by atoms with Gasteiger partial charge in [0.2, 0.25) is 0 Å². The summed E-state index contributed by atoms with van der Waals surface area (Å²) in [5.74, 6) is 0.949. The van der Waals surface area contributed by atoms with E-state index in [4.69, 9.17) is 14.2 Å². The summed E-state index contributed by atoms with van der Waals surface area (Å²) < 4.78 is 15.7. The molecular formula is C12H17NO4. The summed E-state index contributed by atoms with van der Waals surface area (Å²) >= 11 is 0. The highest BCUT2D eigenvalue weighted by molar-refractivity contribution is 5.44. The van der Waals surface area contributed by atoms with Gasteiger partial charge in [-0.1, -0.05) is 0 Å². The van der Waals surface area contributed by atoms with Crippen molar-refractivity contribution in [3.63, 3.8) is 0 Å². The van der Waals surface area contributed by atoms with Crippen LogP contribution in [0.4, 0.5) is 0 Å². The minimum atomic E-state index is -0.267. The lowest BCUT2D eigenvalue weighted by Gasteiger charge is -2.17. The van der Waals surface area contributed by atoms with Crippen LogP contribution in [0.1, 0.15) is 11.6 Å². The molecule has 1 aromatic carbocycles. The SMILES string of the molecule is COC(CNC1COc2cc(O)ccc21)OC. The van der Waals surface area contributed by atoms with Crippen molar-refractivity contribution in [2.45, 2.75) is 12.3 Å². The molecule has 0 spiro atoms. The zero-order chi connectivity index (χ0) is 12.3. The minimum absolute atomic E-state index is 0.110. The predicted molar refractivity (Wildman–Crippen MR) is 62.2 cm³/mol. The molecule has 0 saturated heterocycles. The number of hydrogen-bond donors (Lipinski definition) is 2. The monoisotopic (exact) mass is 239 g/mol. The third-order valence-electron chi connectivity index (χ3n) is 2.83. The predicted octanol–water partition coefficient (Wildman–Crippen LogP) is 1.03.